The van der Waals surface area contributed by atoms with Gasteiger partial charge in [0.1, 0.15) is 11.6 Å². The molecule has 1 saturated carbocycles. The summed E-state index contributed by atoms with van der Waals surface area (Å²) in [6, 6.07) is 3.88. The van der Waals surface area contributed by atoms with E-state index in [9.17, 15) is 4.79 Å². The van der Waals surface area contributed by atoms with Gasteiger partial charge >= 0.3 is 0 Å². The molecule has 1 aliphatic rings. The maximum atomic E-state index is 11.1. The van der Waals surface area contributed by atoms with Gasteiger partial charge in [-0.2, -0.15) is 0 Å². The van der Waals surface area contributed by atoms with Crippen LogP contribution in [0.15, 0.2) is 18.3 Å². The van der Waals surface area contributed by atoms with E-state index in [1.165, 1.54) is 0 Å². The van der Waals surface area contributed by atoms with Gasteiger partial charge in [-0.3, -0.25) is 4.79 Å². The number of carbonyl (C=O) groups excluding carboxylic acids is 1. The summed E-state index contributed by atoms with van der Waals surface area (Å²) in [4.78, 5) is 15.1. The molecule has 0 aromatic carbocycles. The van der Waals surface area contributed by atoms with E-state index in [0.29, 0.717) is 23.9 Å². The summed E-state index contributed by atoms with van der Waals surface area (Å²) in [5, 5.41) is 0. The van der Waals surface area contributed by atoms with Gasteiger partial charge in [-0.05, 0) is 30.4 Å². The van der Waals surface area contributed by atoms with Crippen molar-refractivity contribution in [3.8, 4) is 0 Å². The zero-order valence-corrected chi connectivity index (χ0v) is 8.07. The van der Waals surface area contributed by atoms with E-state index < -0.39 is 0 Å². The molecule has 2 rings (SSSR count). The Bertz CT molecular complexity index is 349. The fraction of sp³-hybridized carbons (Fsp3) is 0.455. The minimum absolute atomic E-state index is 0.387. The van der Waals surface area contributed by atoms with Gasteiger partial charge in [-0.1, -0.05) is 6.07 Å². The van der Waals surface area contributed by atoms with Crippen LogP contribution in [0.5, 0.6) is 0 Å². The first kappa shape index (κ1) is 9.19. The molecule has 1 unspecified atom stereocenters. The van der Waals surface area contributed by atoms with E-state index in [2.05, 4.69) is 4.98 Å². The lowest BCUT2D eigenvalue weighted by Gasteiger charge is -2.08. The molecule has 1 aromatic heterocycles. The molecule has 3 heteroatoms. The Morgan fingerprint density at radius 3 is 3.07 bits per heavy atom. The zero-order valence-electron chi connectivity index (χ0n) is 8.07. The van der Waals surface area contributed by atoms with Gasteiger partial charge in [0, 0.05) is 19.0 Å². The van der Waals surface area contributed by atoms with Crippen molar-refractivity contribution < 1.29 is 4.79 Å². The predicted octanol–water partition coefficient (Wildman–Crippen LogP) is 1.58. The predicted molar refractivity (Wildman–Crippen MR) is 54.7 cm³/mol. The quantitative estimate of drug-likeness (QED) is 0.770. The lowest BCUT2D eigenvalue weighted by Crippen LogP contribution is -2.04. The van der Waals surface area contributed by atoms with Crippen LogP contribution in [0.25, 0.3) is 0 Å². The molecule has 74 valence electrons. The van der Waals surface area contributed by atoms with Crippen molar-refractivity contribution in [1.29, 1.82) is 0 Å². The van der Waals surface area contributed by atoms with Crippen molar-refractivity contribution in [2.24, 2.45) is 5.92 Å². The van der Waals surface area contributed by atoms with Gasteiger partial charge < -0.3 is 5.73 Å². The molecule has 2 N–H and O–H groups in total. The number of nitrogen functional groups attached to an aromatic ring is 1. The third-order valence-corrected chi connectivity index (χ3v) is 2.78. The Kier molecular flexibility index (Phi) is 2.48. The lowest BCUT2D eigenvalue weighted by atomic mass is 9.98. The summed E-state index contributed by atoms with van der Waals surface area (Å²) in [6.45, 7) is 0. The van der Waals surface area contributed by atoms with Crippen LogP contribution >= 0.6 is 0 Å². The number of hydrogen-bond donors (Lipinski definition) is 1. The zero-order chi connectivity index (χ0) is 9.97. The Morgan fingerprint density at radius 2 is 2.43 bits per heavy atom. The number of nitrogens with zero attached hydrogens (tertiary/aromatic N) is 1. The number of aromatic nitrogens is 1. The molecule has 0 amide bonds. The molecule has 3 nitrogen and oxygen atoms in total. The first-order valence-corrected chi connectivity index (χ1v) is 4.97. The minimum atomic E-state index is 0.387. The third-order valence-electron chi connectivity index (χ3n) is 2.78. The maximum Gasteiger partial charge on any atom is 0.133 e. The van der Waals surface area contributed by atoms with Crippen LogP contribution in [-0.4, -0.2) is 10.8 Å². The molecule has 0 bridgehead atoms. The Hall–Kier alpha value is -1.38. The number of Topliss-reactive ketones (excluding diaryl/α,β-unsaturated/α-hetero) is 1. The van der Waals surface area contributed by atoms with Gasteiger partial charge in [0.2, 0.25) is 0 Å². The number of anilines is 1. The van der Waals surface area contributed by atoms with E-state index in [1.54, 1.807) is 6.20 Å². The average molecular weight is 190 g/mol. The standard InChI is InChI=1S/C11H14N2O/c12-11-9(2-1-5-13-11)6-8-3-4-10(14)7-8/h1-2,5,8H,3-4,6-7H2,(H2,12,13). The summed E-state index contributed by atoms with van der Waals surface area (Å²) >= 11 is 0. The lowest BCUT2D eigenvalue weighted by molar-refractivity contribution is -0.117. The summed E-state index contributed by atoms with van der Waals surface area (Å²) in [5.41, 5.74) is 6.81. The van der Waals surface area contributed by atoms with E-state index in [4.69, 9.17) is 5.73 Å². The first-order chi connectivity index (χ1) is 6.75. The molecule has 1 fully saturated rings. The molecule has 1 aromatic rings. The Morgan fingerprint density at radius 1 is 1.57 bits per heavy atom. The van der Waals surface area contributed by atoms with Crippen molar-refractivity contribution >= 4 is 11.6 Å². The van der Waals surface area contributed by atoms with Crippen LogP contribution in [0.4, 0.5) is 5.82 Å². The second-order valence-corrected chi connectivity index (χ2v) is 3.90. The van der Waals surface area contributed by atoms with Crippen molar-refractivity contribution in [3.05, 3.63) is 23.9 Å². The van der Waals surface area contributed by atoms with Crippen LogP contribution in [0.1, 0.15) is 24.8 Å². The minimum Gasteiger partial charge on any atom is -0.383 e. The monoisotopic (exact) mass is 190 g/mol. The fourth-order valence-electron chi connectivity index (χ4n) is 2.00. The molecule has 14 heavy (non-hydrogen) atoms. The Balaban J connectivity index is 2.04. The van der Waals surface area contributed by atoms with E-state index in [0.717, 1.165) is 24.8 Å². The van der Waals surface area contributed by atoms with Crippen molar-refractivity contribution in [3.63, 3.8) is 0 Å². The molecule has 0 spiro atoms. The van der Waals surface area contributed by atoms with Crippen molar-refractivity contribution in [1.82, 2.24) is 4.98 Å². The molecular formula is C11H14N2O. The number of pyridine rings is 1. The number of carbonyl (C=O) groups is 1. The van der Waals surface area contributed by atoms with Gasteiger partial charge in [0.05, 0.1) is 0 Å². The van der Waals surface area contributed by atoms with Crippen LogP contribution in [-0.2, 0) is 11.2 Å². The number of nitrogens with two attached hydrogens (primary N) is 1. The number of rotatable bonds is 2. The molecule has 1 atom stereocenters. The average Bonchev–Trinajstić information content (AvgIpc) is 2.56. The van der Waals surface area contributed by atoms with Crippen LogP contribution in [0.2, 0.25) is 0 Å². The van der Waals surface area contributed by atoms with Crippen molar-refractivity contribution in [2.45, 2.75) is 25.7 Å². The Labute approximate surface area is 83.3 Å². The highest BCUT2D eigenvalue weighted by molar-refractivity contribution is 5.80. The molecule has 1 aliphatic carbocycles. The number of ketones is 1. The van der Waals surface area contributed by atoms with E-state index in [-0.39, 0.29) is 0 Å². The van der Waals surface area contributed by atoms with Gasteiger partial charge in [-0.25, -0.2) is 4.98 Å². The van der Waals surface area contributed by atoms with E-state index >= 15 is 0 Å². The summed E-state index contributed by atoms with van der Waals surface area (Å²) in [6.07, 6.45) is 5.05. The summed E-state index contributed by atoms with van der Waals surface area (Å²) in [7, 11) is 0. The van der Waals surface area contributed by atoms with Crippen LogP contribution < -0.4 is 5.73 Å². The van der Waals surface area contributed by atoms with Crippen LogP contribution in [0.3, 0.4) is 0 Å². The van der Waals surface area contributed by atoms with Gasteiger partial charge in [0.25, 0.3) is 0 Å². The van der Waals surface area contributed by atoms with E-state index in [1.807, 2.05) is 12.1 Å². The highest BCUT2D eigenvalue weighted by Gasteiger charge is 2.22. The highest BCUT2D eigenvalue weighted by atomic mass is 16.1. The van der Waals surface area contributed by atoms with Gasteiger partial charge in [-0.15, -0.1) is 0 Å². The van der Waals surface area contributed by atoms with Gasteiger partial charge in [0.15, 0.2) is 0 Å². The topological polar surface area (TPSA) is 56.0 Å². The normalized spacial score (nSPS) is 21.4. The number of hydrogen-bond acceptors (Lipinski definition) is 3. The molecule has 0 aliphatic heterocycles. The fourth-order valence-corrected chi connectivity index (χ4v) is 2.00. The van der Waals surface area contributed by atoms with Crippen molar-refractivity contribution in [2.75, 3.05) is 5.73 Å². The highest BCUT2D eigenvalue weighted by Crippen LogP contribution is 2.26. The second kappa shape index (κ2) is 3.78. The summed E-state index contributed by atoms with van der Waals surface area (Å²) < 4.78 is 0. The summed E-state index contributed by atoms with van der Waals surface area (Å²) in [5.74, 6) is 1.47. The second-order valence-electron chi connectivity index (χ2n) is 3.90. The first-order valence-electron chi connectivity index (χ1n) is 4.97. The smallest absolute Gasteiger partial charge is 0.133 e. The maximum absolute atomic E-state index is 11.1. The molecule has 1 heterocycles. The molecule has 0 radical (unpaired) electrons. The molecular weight excluding hydrogens is 176 g/mol. The largest absolute Gasteiger partial charge is 0.383 e. The third kappa shape index (κ3) is 1.92. The van der Waals surface area contributed by atoms with Crippen LogP contribution in [0, 0.1) is 5.92 Å². The molecule has 0 saturated heterocycles. The SMILES string of the molecule is Nc1ncccc1CC1CCC(=O)C1.